The van der Waals surface area contributed by atoms with Crippen LogP contribution >= 0.6 is 11.8 Å². The molecule has 0 aliphatic carbocycles. The molecule has 1 aromatic rings. The van der Waals surface area contributed by atoms with Crippen molar-refractivity contribution < 1.29 is 14.3 Å². The summed E-state index contributed by atoms with van der Waals surface area (Å²) in [6.45, 7) is 3.64. The summed E-state index contributed by atoms with van der Waals surface area (Å²) in [7, 11) is 0. The standard InChI is InChI=1S/C15H22FNO2S/c1-11(8-12-6-4-5-7-13(12)16)14(18)17-9-15(2,19)10-20-3/h4-7,11,19H,8-10H2,1-3H3,(H,17,18). The normalized spacial score (nSPS) is 15.4. The minimum atomic E-state index is -0.924. The van der Waals surface area contributed by atoms with Gasteiger partial charge in [-0.05, 0) is 31.2 Å². The van der Waals surface area contributed by atoms with Gasteiger partial charge >= 0.3 is 0 Å². The Bertz CT molecular complexity index is 451. The third-order valence-corrected chi connectivity index (χ3v) is 3.94. The average molecular weight is 299 g/mol. The predicted molar refractivity (Wildman–Crippen MR) is 81.3 cm³/mol. The Morgan fingerprint density at radius 1 is 1.50 bits per heavy atom. The molecule has 0 aliphatic rings. The topological polar surface area (TPSA) is 49.3 Å². The van der Waals surface area contributed by atoms with Crippen molar-refractivity contribution in [1.82, 2.24) is 5.32 Å². The van der Waals surface area contributed by atoms with Gasteiger partial charge in [0, 0.05) is 18.2 Å². The fraction of sp³-hybridized carbons (Fsp3) is 0.533. The molecule has 0 fully saturated rings. The van der Waals surface area contributed by atoms with E-state index in [9.17, 15) is 14.3 Å². The highest BCUT2D eigenvalue weighted by Gasteiger charge is 2.22. The lowest BCUT2D eigenvalue weighted by atomic mass is 9.99. The molecule has 1 rings (SSSR count). The molecule has 0 radical (unpaired) electrons. The van der Waals surface area contributed by atoms with E-state index in [1.165, 1.54) is 17.8 Å². The number of benzene rings is 1. The highest BCUT2D eigenvalue weighted by molar-refractivity contribution is 7.98. The molecule has 0 saturated heterocycles. The van der Waals surface area contributed by atoms with Crippen LogP contribution in [0.15, 0.2) is 24.3 Å². The van der Waals surface area contributed by atoms with Gasteiger partial charge in [0.25, 0.3) is 0 Å². The summed E-state index contributed by atoms with van der Waals surface area (Å²) in [6, 6.07) is 6.46. The van der Waals surface area contributed by atoms with Gasteiger partial charge in [0.1, 0.15) is 5.82 Å². The van der Waals surface area contributed by atoms with E-state index < -0.39 is 5.60 Å². The molecular weight excluding hydrogens is 277 g/mol. The van der Waals surface area contributed by atoms with Crippen LogP contribution in [0.25, 0.3) is 0 Å². The first kappa shape index (κ1) is 17.0. The molecule has 1 amide bonds. The molecule has 2 atom stereocenters. The summed E-state index contributed by atoms with van der Waals surface area (Å²) in [6.07, 6.45) is 2.25. The van der Waals surface area contributed by atoms with E-state index in [1.54, 1.807) is 32.0 Å². The average Bonchev–Trinajstić information content (AvgIpc) is 2.38. The quantitative estimate of drug-likeness (QED) is 0.812. The smallest absolute Gasteiger partial charge is 0.223 e. The second-order valence-electron chi connectivity index (χ2n) is 5.34. The fourth-order valence-electron chi connectivity index (χ4n) is 1.90. The minimum absolute atomic E-state index is 0.172. The van der Waals surface area contributed by atoms with Gasteiger partial charge in [0.15, 0.2) is 0 Å². The molecule has 2 N–H and O–H groups in total. The van der Waals surface area contributed by atoms with Crippen molar-refractivity contribution in [1.29, 1.82) is 0 Å². The van der Waals surface area contributed by atoms with Crippen LogP contribution in [0.3, 0.4) is 0 Å². The molecule has 0 aliphatic heterocycles. The summed E-state index contributed by atoms with van der Waals surface area (Å²) < 4.78 is 13.5. The largest absolute Gasteiger partial charge is 0.387 e. The zero-order chi connectivity index (χ0) is 15.2. The number of amides is 1. The van der Waals surface area contributed by atoms with E-state index in [-0.39, 0.29) is 24.2 Å². The van der Waals surface area contributed by atoms with Gasteiger partial charge in [-0.3, -0.25) is 4.79 Å². The SMILES string of the molecule is CSCC(C)(O)CNC(=O)C(C)Cc1ccccc1F. The van der Waals surface area contributed by atoms with Crippen molar-refractivity contribution >= 4 is 17.7 Å². The number of carbonyl (C=O) groups excluding carboxylic acids is 1. The van der Waals surface area contributed by atoms with E-state index >= 15 is 0 Å². The third kappa shape index (κ3) is 5.51. The highest BCUT2D eigenvalue weighted by atomic mass is 32.2. The van der Waals surface area contributed by atoms with Crippen molar-refractivity contribution in [3.63, 3.8) is 0 Å². The van der Waals surface area contributed by atoms with E-state index in [1.807, 2.05) is 6.26 Å². The van der Waals surface area contributed by atoms with Crippen LogP contribution in [0.2, 0.25) is 0 Å². The van der Waals surface area contributed by atoms with Crippen molar-refractivity contribution in [2.75, 3.05) is 18.6 Å². The maximum absolute atomic E-state index is 13.5. The monoisotopic (exact) mass is 299 g/mol. The highest BCUT2D eigenvalue weighted by Crippen LogP contribution is 2.13. The van der Waals surface area contributed by atoms with E-state index in [0.717, 1.165) is 0 Å². The number of nitrogens with one attached hydrogen (secondary N) is 1. The van der Waals surface area contributed by atoms with Crippen molar-refractivity contribution in [3.8, 4) is 0 Å². The maximum Gasteiger partial charge on any atom is 0.223 e. The van der Waals surface area contributed by atoms with E-state index in [2.05, 4.69) is 5.32 Å². The van der Waals surface area contributed by atoms with Gasteiger partial charge < -0.3 is 10.4 Å². The molecule has 0 spiro atoms. The van der Waals surface area contributed by atoms with Crippen LogP contribution < -0.4 is 5.32 Å². The summed E-state index contributed by atoms with van der Waals surface area (Å²) in [4.78, 5) is 12.0. The van der Waals surface area contributed by atoms with Gasteiger partial charge in [0.05, 0.1) is 5.60 Å². The number of hydrogen-bond donors (Lipinski definition) is 2. The number of carbonyl (C=O) groups is 1. The second kappa shape index (κ2) is 7.64. The summed E-state index contributed by atoms with van der Waals surface area (Å²) in [5.74, 6) is -0.247. The molecule has 2 unspecified atom stereocenters. The van der Waals surface area contributed by atoms with Gasteiger partial charge in [-0.2, -0.15) is 11.8 Å². The van der Waals surface area contributed by atoms with Crippen molar-refractivity contribution in [3.05, 3.63) is 35.6 Å². The zero-order valence-corrected chi connectivity index (χ0v) is 13.0. The molecule has 0 aromatic heterocycles. The summed E-state index contributed by atoms with van der Waals surface area (Å²) in [5, 5.41) is 12.7. The number of halogens is 1. The van der Waals surface area contributed by atoms with Crippen LogP contribution in [0.4, 0.5) is 4.39 Å². The fourth-order valence-corrected chi connectivity index (χ4v) is 2.62. The van der Waals surface area contributed by atoms with E-state index in [0.29, 0.717) is 17.7 Å². The first-order valence-electron chi connectivity index (χ1n) is 6.58. The molecule has 20 heavy (non-hydrogen) atoms. The minimum Gasteiger partial charge on any atom is -0.387 e. The van der Waals surface area contributed by atoms with Gasteiger partial charge in [-0.15, -0.1) is 0 Å². The Morgan fingerprint density at radius 3 is 2.75 bits per heavy atom. The molecule has 5 heteroatoms. The zero-order valence-electron chi connectivity index (χ0n) is 12.1. The van der Waals surface area contributed by atoms with Crippen LogP contribution in [0, 0.1) is 11.7 Å². The maximum atomic E-state index is 13.5. The number of hydrogen-bond acceptors (Lipinski definition) is 3. The van der Waals surface area contributed by atoms with Crippen molar-refractivity contribution in [2.24, 2.45) is 5.92 Å². The molecule has 0 heterocycles. The Balaban J connectivity index is 2.50. The van der Waals surface area contributed by atoms with Crippen LogP contribution in [-0.2, 0) is 11.2 Å². The summed E-state index contributed by atoms with van der Waals surface area (Å²) in [5.41, 5.74) is -0.390. The molecule has 1 aromatic carbocycles. The lowest BCUT2D eigenvalue weighted by Crippen LogP contribution is -2.44. The number of rotatable bonds is 7. The molecular formula is C15H22FNO2S. The summed E-state index contributed by atoms with van der Waals surface area (Å²) >= 11 is 1.52. The van der Waals surface area contributed by atoms with Crippen LogP contribution in [0.1, 0.15) is 19.4 Å². The van der Waals surface area contributed by atoms with Crippen LogP contribution in [0.5, 0.6) is 0 Å². The van der Waals surface area contributed by atoms with E-state index in [4.69, 9.17) is 0 Å². The Labute approximate surface area is 124 Å². The van der Waals surface area contributed by atoms with Crippen molar-refractivity contribution in [2.45, 2.75) is 25.9 Å². The van der Waals surface area contributed by atoms with Gasteiger partial charge in [-0.25, -0.2) is 4.39 Å². The number of thioether (sulfide) groups is 1. The molecule has 112 valence electrons. The molecule has 0 saturated carbocycles. The Kier molecular flexibility index (Phi) is 6.49. The van der Waals surface area contributed by atoms with Gasteiger partial charge in [-0.1, -0.05) is 25.1 Å². The lowest BCUT2D eigenvalue weighted by molar-refractivity contribution is -0.125. The van der Waals surface area contributed by atoms with Crippen LogP contribution in [-0.4, -0.2) is 35.2 Å². The molecule has 3 nitrogen and oxygen atoms in total. The number of aliphatic hydroxyl groups is 1. The first-order valence-corrected chi connectivity index (χ1v) is 7.97. The predicted octanol–water partition coefficient (Wildman–Crippen LogP) is 2.23. The lowest BCUT2D eigenvalue weighted by Gasteiger charge is -2.23. The Hall–Kier alpha value is -1.07. The molecule has 0 bridgehead atoms. The second-order valence-corrected chi connectivity index (χ2v) is 6.21. The first-order chi connectivity index (χ1) is 9.35. The Morgan fingerprint density at radius 2 is 2.15 bits per heavy atom. The van der Waals surface area contributed by atoms with Gasteiger partial charge in [0.2, 0.25) is 5.91 Å². The third-order valence-electron chi connectivity index (χ3n) is 3.03.